The SMILES string of the molecule is Cc1ccc(-c2ccnc(C(N)C(=O)O)n2)c(C)c1. The zero-order valence-electron chi connectivity index (χ0n) is 10.8. The van der Waals surface area contributed by atoms with Gasteiger partial charge in [0.1, 0.15) is 0 Å². The summed E-state index contributed by atoms with van der Waals surface area (Å²) in [7, 11) is 0. The highest BCUT2D eigenvalue weighted by atomic mass is 16.4. The summed E-state index contributed by atoms with van der Waals surface area (Å²) in [5, 5.41) is 8.88. The Morgan fingerprint density at radius 2 is 2.05 bits per heavy atom. The summed E-state index contributed by atoms with van der Waals surface area (Å²) >= 11 is 0. The third kappa shape index (κ3) is 2.77. The number of nitrogens with zero attached hydrogens (tertiary/aromatic N) is 2. The van der Waals surface area contributed by atoms with Gasteiger partial charge < -0.3 is 10.8 Å². The molecule has 0 amide bonds. The van der Waals surface area contributed by atoms with Crippen molar-refractivity contribution in [3.05, 3.63) is 47.4 Å². The minimum absolute atomic E-state index is 0.116. The zero-order valence-corrected chi connectivity index (χ0v) is 10.8. The fourth-order valence-electron chi connectivity index (χ4n) is 1.89. The highest BCUT2D eigenvalue weighted by Gasteiger charge is 2.18. The van der Waals surface area contributed by atoms with Crippen LogP contribution in [0.5, 0.6) is 0 Å². The Labute approximate surface area is 111 Å². The fraction of sp³-hybridized carbons (Fsp3) is 0.214. The largest absolute Gasteiger partial charge is 0.480 e. The summed E-state index contributed by atoms with van der Waals surface area (Å²) in [5.41, 5.74) is 9.39. The Balaban J connectivity index is 2.46. The summed E-state index contributed by atoms with van der Waals surface area (Å²) < 4.78 is 0. The molecule has 0 fully saturated rings. The number of carboxylic acid groups (broad SMARTS) is 1. The Kier molecular flexibility index (Phi) is 3.57. The maximum absolute atomic E-state index is 10.9. The first-order chi connectivity index (χ1) is 8.99. The maximum Gasteiger partial charge on any atom is 0.328 e. The first kappa shape index (κ1) is 13.2. The molecule has 2 aromatic rings. The number of benzene rings is 1. The Bertz CT molecular complexity index is 626. The molecule has 1 aromatic heterocycles. The number of hydrogen-bond donors (Lipinski definition) is 2. The molecule has 0 bridgehead atoms. The van der Waals surface area contributed by atoms with Gasteiger partial charge in [-0.25, -0.2) is 9.97 Å². The molecule has 0 spiro atoms. The number of nitrogens with two attached hydrogens (primary N) is 1. The number of hydrogen-bond acceptors (Lipinski definition) is 4. The van der Waals surface area contributed by atoms with Crippen molar-refractivity contribution >= 4 is 5.97 Å². The molecule has 98 valence electrons. The van der Waals surface area contributed by atoms with Crippen LogP contribution in [-0.2, 0) is 4.79 Å². The quantitative estimate of drug-likeness (QED) is 0.875. The van der Waals surface area contributed by atoms with Gasteiger partial charge in [0, 0.05) is 11.8 Å². The van der Waals surface area contributed by atoms with E-state index in [9.17, 15) is 4.79 Å². The van der Waals surface area contributed by atoms with Crippen LogP contribution < -0.4 is 5.73 Å². The van der Waals surface area contributed by atoms with Gasteiger partial charge >= 0.3 is 5.97 Å². The van der Waals surface area contributed by atoms with Crippen LogP contribution in [0, 0.1) is 13.8 Å². The van der Waals surface area contributed by atoms with Gasteiger partial charge in [-0.15, -0.1) is 0 Å². The summed E-state index contributed by atoms with van der Waals surface area (Å²) in [6, 6.07) is 6.54. The van der Waals surface area contributed by atoms with E-state index in [0.717, 1.165) is 16.7 Å². The van der Waals surface area contributed by atoms with E-state index in [2.05, 4.69) is 9.97 Å². The molecule has 0 aliphatic rings. The molecule has 3 N–H and O–H groups in total. The summed E-state index contributed by atoms with van der Waals surface area (Å²) in [6.45, 7) is 4.00. The lowest BCUT2D eigenvalue weighted by atomic mass is 10.0. The van der Waals surface area contributed by atoms with Gasteiger partial charge in [0.2, 0.25) is 0 Å². The summed E-state index contributed by atoms with van der Waals surface area (Å²) in [6.07, 6.45) is 1.53. The smallest absolute Gasteiger partial charge is 0.328 e. The number of carbonyl (C=O) groups is 1. The Morgan fingerprint density at radius 1 is 1.32 bits per heavy atom. The first-order valence-electron chi connectivity index (χ1n) is 5.88. The van der Waals surface area contributed by atoms with Gasteiger partial charge in [-0.1, -0.05) is 23.8 Å². The third-order valence-electron chi connectivity index (χ3n) is 2.88. The Hall–Kier alpha value is -2.27. The van der Waals surface area contributed by atoms with Crippen molar-refractivity contribution in [3.8, 4) is 11.3 Å². The highest BCUT2D eigenvalue weighted by molar-refractivity contribution is 5.74. The normalized spacial score (nSPS) is 12.2. The maximum atomic E-state index is 10.9. The first-order valence-corrected chi connectivity index (χ1v) is 5.88. The Morgan fingerprint density at radius 3 is 2.68 bits per heavy atom. The highest BCUT2D eigenvalue weighted by Crippen LogP contribution is 2.22. The molecule has 5 nitrogen and oxygen atoms in total. The molecule has 2 rings (SSSR count). The van der Waals surface area contributed by atoms with Gasteiger partial charge in [0.25, 0.3) is 0 Å². The van der Waals surface area contributed by atoms with Crippen LogP contribution in [-0.4, -0.2) is 21.0 Å². The number of aromatic nitrogens is 2. The number of aliphatic carboxylic acids is 1. The third-order valence-corrected chi connectivity index (χ3v) is 2.88. The second-order valence-corrected chi connectivity index (χ2v) is 4.43. The lowest BCUT2D eigenvalue weighted by molar-refractivity contribution is -0.138. The minimum atomic E-state index is -1.20. The molecular weight excluding hydrogens is 242 g/mol. The van der Waals surface area contributed by atoms with Crippen molar-refractivity contribution < 1.29 is 9.90 Å². The molecular formula is C14H15N3O2. The predicted molar refractivity (Wildman–Crippen MR) is 71.5 cm³/mol. The fourth-order valence-corrected chi connectivity index (χ4v) is 1.89. The molecule has 0 radical (unpaired) electrons. The van der Waals surface area contributed by atoms with Crippen LogP contribution in [0.3, 0.4) is 0 Å². The molecule has 0 aliphatic carbocycles. The van der Waals surface area contributed by atoms with Crippen LogP contribution in [0.15, 0.2) is 30.5 Å². The molecule has 1 atom stereocenters. The van der Waals surface area contributed by atoms with Crippen molar-refractivity contribution in [3.63, 3.8) is 0 Å². The predicted octanol–water partition coefficient (Wildman–Crippen LogP) is 1.84. The monoisotopic (exact) mass is 257 g/mol. The van der Waals surface area contributed by atoms with Crippen molar-refractivity contribution in [2.75, 3.05) is 0 Å². The van der Waals surface area contributed by atoms with Crippen LogP contribution in [0.2, 0.25) is 0 Å². The molecule has 1 heterocycles. The average molecular weight is 257 g/mol. The molecule has 1 unspecified atom stereocenters. The topological polar surface area (TPSA) is 89.1 Å². The van der Waals surface area contributed by atoms with E-state index >= 15 is 0 Å². The van der Waals surface area contributed by atoms with E-state index in [1.165, 1.54) is 6.20 Å². The van der Waals surface area contributed by atoms with E-state index in [4.69, 9.17) is 10.8 Å². The van der Waals surface area contributed by atoms with Crippen molar-refractivity contribution in [2.24, 2.45) is 5.73 Å². The average Bonchev–Trinajstić information content (AvgIpc) is 2.38. The van der Waals surface area contributed by atoms with E-state index in [1.807, 2.05) is 32.0 Å². The van der Waals surface area contributed by atoms with Crippen LogP contribution >= 0.6 is 0 Å². The van der Waals surface area contributed by atoms with Crippen molar-refractivity contribution in [1.29, 1.82) is 0 Å². The van der Waals surface area contributed by atoms with Gasteiger partial charge in [-0.2, -0.15) is 0 Å². The second-order valence-electron chi connectivity index (χ2n) is 4.43. The van der Waals surface area contributed by atoms with Crippen molar-refractivity contribution in [2.45, 2.75) is 19.9 Å². The lowest BCUT2D eigenvalue weighted by Crippen LogP contribution is -2.23. The van der Waals surface area contributed by atoms with Gasteiger partial charge in [-0.3, -0.25) is 4.79 Å². The molecule has 0 aliphatic heterocycles. The molecule has 0 saturated heterocycles. The summed E-state index contributed by atoms with van der Waals surface area (Å²) in [4.78, 5) is 19.0. The van der Waals surface area contributed by atoms with E-state index in [-0.39, 0.29) is 5.82 Å². The van der Waals surface area contributed by atoms with E-state index in [0.29, 0.717) is 5.69 Å². The van der Waals surface area contributed by atoms with Gasteiger partial charge in [0.15, 0.2) is 11.9 Å². The molecule has 5 heteroatoms. The molecule has 0 saturated carbocycles. The van der Waals surface area contributed by atoms with Gasteiger partial charge in [-0.05, 0) is 25.5 Å². The van der Waals surface area contributed by atoms with Crippen LogP contribution in [0.25, 0.3) is 11.3 Å². The zero-order chi connectivity index (χ0) is 14.0. The van der Waals surface area contributed by atoms with Gasteiger partial charge in [0.05, 0.1) is 5.69 Å². The number of rotatable bonds is 3. The number of aryl methyl sites for hydroxylation is 2. The number of carboxylic acids is 1. The molecule has 1 aromatic carbocycles. The summed E-state index contributed by atoms with van der Waals surface area (Å²) in [5.74, 6) is -1.03. The van der Waals surface area contributed by atoms with E-state index in [1.54, 1.807) is 6.07 Å². The minimum Gasteiger partial charge on any atom is -0.480 e. The second kappa shape index (κ2) is 5.16. The van der Waals surface area contributed by atoms with Crippen LogP contribution in [0.4, 0.5) is 0 Å². The lowest BCUT2D eigenvalue weighted by Gasteiger charge is -2.09. The van der Waals surface area contributed by atoms with Crippen LogP contribution in [0.1, 0.15) is 23.0 Å². The van der Waals surface area contributed by atoms with E-state index < -0.39 is 12.0 Å². The standard InChI is InChI=1S/C14H15N3O2/c1-8-3-4-10(9(2)7-8)11-5-6-16-13(17-11)12(15)14(18)19/h3-7,12H,15H2,1-2H3,(H,18,19). The molecule has 19 heavy (non-hydrogen) atoms. The van der Waals surface area contributed by atoms with Crippen molar-refractivity contribution in [1.82, 2.24) is 9.97 Å².